The molecule has 9 heteroatoms. The summed E-state index contributed by atoms with van der Waals surface area (Å²) in [6.45, 7) is 5.80. The maximum Gasteiger partial charge on any atom is 0.171 e. The van der Waals surface area contributed by atoms with Crippen molar-refractivity contribution in [3.05, 3.63) is 77.0 Å². The first-order valence-electron chi connectivity index (χ1n) is 11.0. The number of hydrogen-bond donors (Lipinski definition) is 0. The Labute approximate surface area is 190 Å². The molecule has 0 unspecified atom stereocenters. The number of benzene rings is 1. The van der Waals surface area contributed by atoms with Crippen LogP contribution in [0.25, 0.3) is 11.5 Å². The van der Waals surface area contributed by atoms with Crippen LogP contribution in [0, 0.1) is 12.7 Å². The van der Waals surface area contributed by atoms with Crippen LogP contribution in [0.5, 0.6) is 0 Å². The highest BCUT2D eigenvalue weighted by molar-refractivity contribution is 5.98. The van der Waals surface area contributed by atoms with Crippen molar-refractivity contribution in [2.45, 2.75) is 51.9 Å². The molecule has 0 amide bonds. The molecule has 0 spiro atoms. The molecule has 1 aliphatic carbocycles. The third kappa shape index (κ3) is 4.18. The number of carbonyl (C=O) groups excluding carboxylic acids is 1. The molecule has 0 N–H and O–H groups in total. The molecule has 3 heterocycles. The van der Waals surface area contributed by atoms with Gasteiger partial charge in [0.2, 0.25) is 0 Å². The van der Waals surface area contributed by atoms with E-state index in [0.717, 1.165) is 29.8 Å². The summed E-state index contributed by atoms with van der Waals surface area (Å²) >= 11 is 0. The van der Waals surface area contributed by atoms with E-state index < -0.39 is 5.82 Å². The summed E-state index contributed by atoms with van der Waals surface area (Å²) in [4.78, 5) is 22.1. The van der Waals surface area contributed by atoms with Crippen molar-refractivity contribution >= 4 is 5.78 Å². The molecule has 0 aliphatic heterocycles. The number of pyridine rings is 1. The summed E-state index contributed by atoms with van der Waals surface area (Å²) < 4.78 is 18.2. The summed E-state index contributed by atoms with van der Waals surface area (Å²) in [6, 6.07) is 8.31. The fraction of sp³-hybridized carbons (Fsp3) is 0.333. The van der Waals surface area contributed by atoms with E-state index in [1.165, 1.54) is 6.07 Å². The second-order valence-electron chi connectivity index (χ2n) is 8.79. The van der Waals surface area contributed by atoms with Crippen LogP contribution < -0.4 is 0 Å². The quantitative estimate of drug-likeness (QED) is 0.398. The lowest BCUT2D eigenvalue weighted by Gasteiger charge is -2.11. The first-order valence-corrected chi connectivity index (χ1v) is 11.0. The monoisotopic (exact) mass is 445 g/mol. The van der Waals surface area contributed by atoms with Gasteiger partial charge >= 0.3 is 0 Å². The summed E-state index contributed by atoms with van der Waals surface area (Å²) in [5.41, 5.74) is 3.08. The minimum atomic E-state index is -0.539. The molecular weight excluding hydrogens is 421 g/mol. The van der Waals surface area contributed by atoms with Gasteiger partial charge in [0.05, 0.1) is 35.4 Å². The molecule has 168 valence electrons. The van der Waals surface area contributed by atoms with Gasteiger partial charge in [-0.3, -0.25) is 4.79 Å². The highest BCUT2D eigenvalue weighted by Gasteiger charge is 2.26. The molecule has 33 heavy (non-hydrogen) atoms. The Bertz CT molecular complexity index is 1340. The lowest BCUT2D eigenvalue weighted by molar-refractivity contribution is 0.0988. The maximum absolute atomic E-state index is 14.8. The van der Waals surface area contributed by atoms with Gasteiger partial charge in [-0.05, 0) is 60.0 Å². The van der Waals surface area contributed by atoms with Gasteiger partial charge in [0, 0.05) is 18.0 Å². The van der Waals surface area contributed by atoms with Gasteiger partial charge in [-0.15, -0.1) is 5.10 Å². The number of rotatable bonds is 7. The average Bonchev–Trinajstić information content (AvgIpc) is 3.31. The number of aryl methyl sites for hydroxylation is 1. The Morgan fingerprint density at radius 1 is 1.24 bits per heavy atom. The van der Waals surface area contributed by atoms with Crippen molar-refractivity contribution < 1.29 is 9.18 Å². The fourth-order valence-corrected chi connectivity index (χ4v) is 3.87. The van der Waals surface area contributed by atoms with Crippen molar-refractivity contribution in [2.24, 2.45) is 0 Å². The van der Waals surface area contributed by atoms with Gasteiger partial charge in [0.15, 0.2) is 17.4 Å². The number of nitrogens with zero attached hydrogens (tertiary/aromatic N) is 7. The van der Waals surface area contributed by atoms with Crippen LogP contribution in [-0.2, 0) is 6.42 Å². The van der Waals surface area contributed by atoms with Gasteiger partial charge in [0.25, 0.3) is 0 Å². The largest absolute Gasteiger partial charge is 0.306 e. The number of carbonyl (C=O) groups is 1. The van der Waals surface area contributed by atoms with E-state index in [0.29, 0.717) is 23.3 Å². The van der Waals surface area contributed by atoms with Crippen molar-refractivity contribution in [1.29, 1.82) is 0 Å². The Morgan fingerprint density at radius 2 is 2.06 bits per heavy atom. The molecule has 3 aromatic heterocycles. The fourth-order valence-electron chi connectivity index (χ4n) is 3.87. The molecule has 1 aliphatic rings. The number of ketones is 1. The van der Waals surface area contributed by atoms with Crippen LogP contribution in [0.3, 0.4) is 0 Å². The lowest BCUT2D eigenvalue weighted by Crippen LogP contribution is -2.12. The van der Waals surface area contributed by atoms with E-state index in [4.69, 9.17) is 0 Å². The molecule has 8 nitrogen and oxygen atoms in total. The van der Waals surface area contributed by atoms with E-state index in [9.17, 15) is 9.18 Å². The summed E-state index contributed by atoms with van der Waals surface area (Å²) in [7, 11) is 0. The maximum atomic E-state index is 14.8. The normalized spacial score (nSPS) is 13.6. The van der Waals surface area contributed by atoms with E-state index in [-0.39, 0.29) is 23.7 Å². The number of halogens is 1. The van der Waals surface area contributed by atoms with Gasteiger partial charge < -0.3 is 4.57 Å². The van der Waals surface area contributed by atoms with Crippen molar-refractivity contribution in [3.63, 3.8) is 0 Å². The minimum Gasteiger partial charge on any atom is -0.306 e. The van der Waals surface area contributed by atoms with Crippen LogP contribution in [0.15, 0.2) is 42.9 Å². The third-order valence-corrected chi connectivity index (χ3v) is 5.82. The third-order valence-electron chi connectivity index (χ3n) is 5.82. The Balaban J connectivity index is 1.42. The molecular formula is C24H24FN7O. The van der Waals surface area contributed by atoms with Gasteiger partial charge in [0.1, 0.15) is 5.82 Å². The molecule has 1 fully saturated rings. The summed E-state index contributed by atoms with van der Waals surface area (Å²) in [5, 5.41) is 11.8. The second-order valence-corrected chi connectivity index (χ2v) is 8.79. The van der Waals surface area contributed by atoms with Crippen LogP contribution in [0.1, 0.15) is 71.7 Å². The van der Waals surface area contributed by atoms with E-state index in [2.05, 4.69) is 25.5 Å². The predicted octanol–water partition coefficient (Wildman–Crippen LogP) is 4.12. The molecule has 5 rings (SSSR count). The van der Waals surface area contributed by atoms with E-state index in [1.807, 2.05) is 31.5 Å². The van der Waals surface area contributed by atoms with Gasteiger partial charge in [-0.1, -0.05) is 19.9 Å². The number of hydrogen-bond acceptors (Lipinski definition) is 6. The standard InChI is InChI=1S/C24H24FN7O/c1-14(2)24-28-29-30-32(24)23-6-4-5-17(27-23)10-22(33)18-11-21(15(3)9-19(18)25)31-12-20(26-13-31)16-7-8-16/h4-6,9,11-14,16H,7-8,10H2,1-3H3. The smallest absolute Gasteiger partial charge is 0.171 e. The molecule has 4 aromatic rings. The van der Waals surface area contributed by atoms with Crippen molar-refractivity contribution in [1.82, 2.24) is 34.7 Å². The molecule has 1 saturated carbocycles. The van der Waals surface area contributed by atoms with Crippen molar-refractivity contribution in [3.8, 4) is 11.5 Å². The zero-order chi connectivity index (χ0) is 23.1. The number of Topliss-reactive ketones (excluding diaryl/α,β-unsaturated/α-hetero) is 1. The highest BCUT2D eigenvalue weighted by Crippen LogP contribution is 2.39. The second kappa shape index (κ2) is 8.31. The Hall–Kier alpha value is -3.75. The van der Waals surface area contributed by atoms with Crippen LogP contribution >= 0.6 is 0 Å². The number of imidazole rings is 1. The molecule has 0 atom stereocenters. The number of tetrazole rings is 1. The number of aromatic nitrogens is 7. The van der Waals surface area contributed by atoms with Gasteiger partial charge in [-0.25, -0.2) is 14.4 Å². The lowest BCUT2D eigenvalue weighted by atomic mass is 10.0. The van der Waals surface area contributed by atoms with Gasteiger partial charge in [-0.2, -0.15) is 4.68 Å². The zero-order valence-corrected chi connectivity index (χ0v) is 18.7. The zero-order valence-electron chi connectivity index (χ0n) is 18.7. The molecule has 0 bridgehead atoms. The topological polar surface area (TPSA) is 91.4 Å². The van der Waals surface area contributed by atoms with Crippen molar-refractivity contribution in [2.75, 3.05) is 0 Å². The molecule has 0 saturated heterocycles. The first kappa shape index (κ1) is 21.1. The van der Waals surface area contributed by atoms with E-state index >= 15 is 0 Å². The molecule has 0 radical (unpaired) electrons. The summed E-state index contributed by atoms with van der Waals surface area (Å²) in [6.07, 6.45) is 5.96. The minimum absolute atomic E-state index is 0.0368. The highest BCUT2D eigenvalue weighted by atomic mass is 19.1. The predicted molar refractivity (Wildman–Crippen MR) is 119 cm³/mol. The molecule has 1 aromatic carbocycles. The van der Waals surface area contributed by atoms with Crippen LogP contribution in [0.4, 0.5) is 4.39 Å². The Kier molecular flexibility index (Phi) is 5.32. The SMILES string of the molecule is Cc1cc(F)c(C(=O)Cc2cccc(-n3nnnc3C(C)C)n2)cc1-n1cnc(C2CC2)c1. The Morgan fingerprint density at radius 3 is 2.82 bits per heavy atom. The van der Waals surface area contributed by atoms with Crippen LogP contribution in [0.2, 0.25) is 0 Å². The van der Waals surface area contributed by atoms with E-state index in [1.54, 1.807) is 35.3 Å². The summed E-state index contributed by atoms with van der Waals surface area (Å²) in [5.74, 6) is 0.930. The first-order chi connectivity index (χ1) is 15.9. The average molecular weight is 446 g/mol. The van der Waals surface area contributed by atoms with Crippen LogP contribution in [-0.4, -0.2) is 40.5 Å².